The van der Waals surface area contributed by atoms with Crippen molar-refractivity contribution in [1.82, 2.24) is 4.90 Å². The van der Waals surface area contributed by atoms with E-state index in [-0.39, 0.29) is 24.1 Å². The largest absolute Gasteiger partial charge is 0.480 e. The van der Waals surface area contributed by atoms with Crippen molar-refractivity contribution in [3.63, 3.8) is 0 Å². The second kappa shape index (κ2) is 6.58. The maximum absolute atomic E-state index is 11.6. The number of hydrogen-bond acceptors (Lipinski definition) is 4. The molecule has 1 aliphatic rings. The zero-order valence-corrected chi connectivity index (χ0v) is 13.0. The Labute approximate surface area is 125 Å². The van der Waals surface area contributed by atoms with Crippen molar-refractivity contribution < 1.29 is 18.3 Å². The first kappa shape index (κ1) is 16.0. The van der Waals surface area contributed by atoms with Gasteiger partial charge in [-0.15, -0.1) is 0 Å². The third-order valence-electron chi connectivity index (χ3n) is 3.88. The second-order valence-corrected chi connectivity index (χ2v) is 7.75. The number of benzene rings is 1. The van der Waals surface area contributed by atoms with E-state index in [9.17, 15) is 13.2 Å². The molecule has 1 aliphatic heterocycles. The predicted octanol–water partition coefficient (Wildman–Crippen LogP) is 1.32. The van der Waals surface area contributed by atoms with Gasteiger partial charge in [-0.05, 0) is 24.0 Å². The number of rotatable bonds is 6. The summed E-state index contributed by atoms with van der Waals surface area (Å²) >= 11 is 0. The Morgan fingerprint density at radius 2 is 1.90 bits per heavy atom. The molecule has 116 valence electrons. The van der Waals surface area contributed by atoms with Gasteiger partial charge in [-0.2, -0.15) is 0 Å². The Morgan fingerprint density at radius 1 is 1.29 bits per heavy atom. The number of sulfone groups is 1. The zero-order chi connectivity index (χ0) is 15.5. The Balaban J connectivity index is 2.10. The highest BCUT2D eigenvalue weighted by atomic mass is 32.2. The van der Waals surface area contributed by atoms with Crippen LogP contribution in [-0.2, 0) is 27.6 Å². The predicted molar refractivity (Wildman–Crippen MR) is 80.9 cm³/mol. The minimum absolute atomic E-state index is 0.0628. The molecule has 0 radical (unpaired) electrons. The first-order chi connectivity index (χ1) is 9.89. The lowest BCUT2D eigenvalue weighted by molar-refractivity contribution is -0.139. The number of aliphatic carboxylic acids is 1. The van der Waals surface area contributed by atoms with Gasteiger partial charge in [-0.25, -0.2) is 8.42 Å². The third kappa shape index (κ3) is 4.54. The van der Waals surface area contributed by atoms with Crippen molar-refractivity contribution in [2.45, 2.75) is 32.4 Å². The lowest BCUT2D eigenvalue weighted by atomic mass is 10.1. The molecule has 0 amide bonds. The molecule has 1 aromatic carbocycles. The van der Waals surface area contributed by atoms with E-state index in [1.807, 2.05) is 24.3 Å². The average Bonchev–Trinajstić information content (AvgIpc) is 2.79. The Hall–Kier alpha value is -1.40. The molecule has 1 saturated heterocycles. The molecular formula is C15H21NO4S. The molecule has 1 aromatic rings. The molecular weight excluding hydrogens is 290 g/mol. The monoisotopic (exact) mass is 311 g/mol. The van der Waals surface area contributed by atoms with E-state index in [4.69, 9.17) is 5.11 Å². The van der Waals surface area contributed by atoms with Crippen LogP contribution in [-0.4, -0.2) is 48.5 Å². The molecule has 5 nitrogen and oxygen atoms in total. The summed E-state index contributed by atoms with van der Waals surface area (Å²) in [4.78, 5) is 12.8. The van der Waals surface area contributed by atoms with E-state index >= 15 is 0 Å². The Kier molecular flexibility index (Phi) is 5.00. The molecule has 0 aromatic heterocycles. The van der Waals surface area contributed by atoms with Crippen LogP contribution in [0.15, 0.2) is 24.3 Å². The van der Waals surface area contributed by atoms with Gasteiger partial charge < -0.3 is 5.11 Å². The highest BCUT2D eigenvalue weighted by molar-refractivity contribution is 7.91. The van der Waals surface area contributed by atoms with Gasteiger partial charge in [0.05, 0.1) is 18.1 Å². The van der Waals surface area contributed by atoms with Crippen LogP contribution in [0.1, 0.15) is 24.5 Å². The van der Waals surface area contributed by atoms with Crippen LogP contribution in [0.25, 0.3) is 0 Å². The maximum atomic E-state index is 11.6. The molecule has 1 N–H and O–H groups in total. The number of nitrogens with zero attached hydrogens (tertiary/aromatic N) is 1. The molecule has 2 rings (SSSR count). The minimum atomic E-state index is -3.01. The molecule has 0 aliphatic carbocycles. The molecule has 1 heterocycles. The molecule has 0 saturated carbocycles. The number of carboxylic acids is 1. The van der Waals surface area contributed by atoms with Crippen LogP contribution in [0, 0.1) is 0 Å². The van der Waals surface area contributed by atoms with Gasteiger partial charge >= 0.3 is 5.97 Å². The van der Waals surface area contributed by atoms with E-state index in [2.05, 4.69) is 6.92 Å². The minimum Gasteiger partial charge on any atom is -0.480 e. The summed E-state index contributed by atoms with van der Waals surface area (Å²) in [5, 5.41) is 9.04. The van der Waals surface area contributed by atoms with Gasteiger partial charge in [0.25, 0.3) is 0 Å². The zero-order valence-electron chi connectivity index (χ0n) is 12.2. The van der Waals surface area contributed by atoms with Crippen molar-refractivity contribution in [2.24, 2.45) is 0 Å². The van der Waals surface area contributed by atoms with Gasteiger partial charge in [0, 0.05) is 12.6 Å². The number of carboxylic acid groups (broad SMARTS) is 1. The quantitative estimate of drug-likeness (QED) is 0.857. The van der Waals surface area contributed by atoms with Crippen LogP contribution in [0.3, 0.4) is 0 Å². The highest BCUT2D eigenvalue weighted by Crippen LogP contribution is 2.20. The Morgan fingerprint density at radius 3 is 2.38 bits per heavy atom. The average molecular weight is 311 g/mol. The molecule has 0 bridgehead atoms. The van der Waals surface area contributed by atoms with Crippen LogP contribution in [0.2, 0.25) is 0 Å². The summed E-state index contributed by atoms with van der Waals surface area (Å²) in [7, 11) is -3.01. The first-order valence-electron chi connectivity index (χ1n) is 7.13. The van der Waals surface area contributed by atoms with Gasteiger partial charge in [0.1, 0.15) is 0 Å². The van der Waals surface area contributed by atoms with Crippen LogP contribution in [0.4, 0.5) is 0 Å². The van der Waals surface area contributed by atoms with Crippen LogP contribution < -0.4 is 0 Å². The number of hydrogen-bond donors (Lipinski definition) is 1. The number of aryl methyl sites for hydroxylation is 1. The summed E-state index contributed by atoms with van der Waals surface area (Å²) in [5.41, 5.74) is 2.24. The van der Waals surface area contributed by atoms with Gasteiger partial charge in [-0.1, -0.05) is 31.2 Å². The van der Waals surface area contributed by atoms with Crippen molar-refractivity contribution in [3.8, 4) is 0 Å². The molecule has 1 atom stereocenters. The molecule has 1 unspecified atom stereocenters. The second-order valence-electron chi connectivity index (χ2n) is 5.53. The fourth-order valence-corrected chi connectivity index (χ4v) is 4.43. The van der Waals surface area contributed by atoms with E-state index < -0.39 is 15.8 Å². The standard InChI is InChI=1S/C15H21NO4S/c1-2-12-3-5-13(6-4-12)9-16(10-15(17)18)14-7-8-21(19,20)11-14/h3-6,14H,2,7-11H2,1H3,(H,17,18). The van der Waals surface area contributed by atoms with Gasteiger partial charge in [0.2, 0.25) is 0 Å². The molecule has 1 fully saturated rings. The summed E-state index contributed by atoms with van der Waals surface area (Å²) in [6.45, 7) is 2.42. The fourth-order valence-electron chi connectivity index (χ4n) is 2.67. The van der Waals surface area contributed by atoms with Crippen LogP contribution in [0.5, 0.6) is 0 Å². The summed E-state index contributed by atoms with van der Waals surface area (Å²) in [5.74, 6) is -0.708. The summed E-state index contributed by atoms with van der Waals surface area (Å²) < 4.78 is 23.2. The SMILES string of the molecule is CCc1ccc(CN(CC(=O)O)C2CCS(=O)(=O)C2)cc1. The van der Waals surface area contributed by atoms with Crippen LogP contribution >= 0.6 is 0 Å². The van der Waals surface area contributed by atoms with Crippen molar-refractivity contribution in [3.05, 3.63) is 35.4 Å². The maximum Gasteiger partial charge on any atom is 0.317 e. The van der Waals surface area contributed by atoms with Gasteiger partial charge in [0.15, 0.2) is 9.84 Å². The first-order valence-corrected chi connectivity index (χ1v) is 8.96. The van der Waals surface area contributed by atoms with E-state index in [0.717, 1.165) is 12.0 Å². The molecule has 6 heteroatoms. The lowest BCUT2D eigenvalue weighted by Gasteiger charge is -2.26. The van der Waals surface area contributed by atoms with Crippen molar-refractivity contribution >= 4 is 15.8 Å². The lowest BCUT2D eigenvalue weighted by Crippen LogP contribution is -2.39. The fraction of sp³-hybridized carbons (Fsp3) is 0.533. The van der Waals surface area contributed by atoms with Crippen molar-refractivity contribution in [1.29, 1.82) is 0 Å². The molecule has 21 heavy (non-hydrogen) atoms. The van der Waals surface area contributed by atoms with Gasteiger partial charge in [-0.3, -0.25) is 9.69 Å². The Bertz CT molecular complexity index is 595. The third-order valence-corrected chi connectivity index (χ3v) is 5.63. The normalized spacial score (nSPS) is 20.8. The van der Waals surface area contributed by atoms with E-state index in [0.29, 0.717) is 13.0 Å². The topological polar surface area (TPSA) is 74.7 Å². The van der Waals surface area contributed by atoms with E-state index in [1.54, 1.807) is 4.90 Å². The molecule has 0 spiro atoms. The summed E-state index contributed by atoms with van der Waals surface area (Å²) in [6.07, 6.45) is 1.47. The summed E-state index contributed by atoms with van der Waals surface area (Å²) in [6, 6.07) is 7.82. The highest BCUT2D eigenvalue weighted by Gasteiger charge is 2.33. The number of carbonyl (C=O) groups is 1. The smallest absolute Gasteiger partial charge is 0.317 e. The van der Waals surface area contributed by atoms with Crippen molar-refractivity contribution in [2.75, 3.05) is 18.1 Å². The van der Waals surface area contributed by atoms with E-state index in [1.165, 1.54) is 5.56 Å².